The minimum atomic E-state index is 0.588. The van der Waals surface area contributed by atoms with Crippen molar-refractivity contribution in [1.82, 2.24) is 0 Å². The molecular weight excluding hydrogens is 356 g/mol. The Labute approximate surface area is 172 Å². The van der Waals surface area contributed by atoms with Crippen molar-refractivity contribution in [2.75, 3.05) is 0 Å². The maximum atomic E-state index is 5.86. The lowest BCUT2D eigenvalue weighted by atomic mass is 10.0. The normalized spacial score (nSPS) is 10.5. The third-order valence-corrected chi connectivity index (χ3v) is 4.75. The summed E-state index contributed by atoms with van der Waals surface area (Å²) in [5.41, 5.74) is 4.86. The molecule has 0 N–H and O–H groups in total. The predicted octanol–water partition coefficient (Wildman–Crippen LogP) is 6.44. The standard InChI is InChI=1S/C27H24O2/c1-3-7-24(8-4-1)20-28-26-15-11-22(12-16-26)19-23-13-17-27(18-14-23)29-21-25-9-5-2-6-10-25/h1-18H,19-21H2. The molecule has 0 spiro atoms. The van der Waals surface area contributed by atoms with Gasteiger partial charge in [0, 0.05) is 0 Å². The molecule has 0 aliphatic rings. The van der Waals surface area contributed by atoms with Gasteiger partial charge in [0.2, 0.25) is 0 Å². The highest BCUT2D eigenvalue weighted by Crippen LogP contribution is 2.19. The molecule has 0 radical (unpaired) electrons. The lowest BCUT2D eigenvalue weighted by Crippen LogP contribution is -1.96. The Bertz CT molecular complexity index is 907. The molecule has 0 unspecified atom stereocenters. The second-order valence-electron chi connectivity index (χ2n) is 7.01. The van der Waals surface area contributed by atoms with Gasteiger partial charge in [0.1, 0.15) is 24.7 Å². The van der Waals surface area contributed by atoms with E-state index in [1.54, 1.807) is 0 Å². The number of benzene rings is 4. The molecule has 4 aromatic carbocycles. The van der Waals surface area contributed by atoms with Crippen LogP contribution in [0.15, 0.2) is 109 Å². The topological polar surface area (TPSA) is 18.5 Å². The minimum Gasteiger partial charge on any atom is -0.489 e. The summed E-state index contributed by atoms with van der Waals surface area (Å²) in [5, 5.41) is 0. The molecule has 4 aromatic rings. The van der Waals surface area contributed by atoms with Crippen LogP contribution in [-0.4, -0.2) is 0 Å². The van der Waals surface area contributed by atoms with E-state index in [0.29, 0.717) is 13.2 Å². The SMILES string of the molecule is c1ccc(COc2ccc(Cc3ccc(OCc4ccccc4)cc3)cc2)cc1. The van der Waals surface area contributed by atoms with Crippen LogP contribution in [0.2, 0.25) is 0 Å². The van der Waals surface area contributed by atoms with Crippen molar-refractivity contribution in [1.29, 1.82) is 0 Å². The Kier molecular flexibility index (Phi) is 6.24. The van der Waals surface area contributed by atoms with Gasteiger partial charge in [-0.1, -0.05) is 84.9 Å². The summed E-state index contributed by atoms with van der Waals surface area (Å²) in [6.07, 6.45) is 0.887. The zero-order valence-corrected chi connectivity index (χ0v) is 16.3. The van der Waals surface area contributed by atoms with Crippen molar-refractivity contribution >= 4 is 0 Å². The summed E-state index contributed by atoms with van der Waals surface area (Å²) < 4.78 is 11.7. The summed E-state index contributed by atoms with van der Waals surface area (Å²) in [6, 6.07) is 37.1. The van der Waals surface area contributed by atoms with Crippen molar-refractivity contribution in [3.63, 3.8) is 0 Å². The van der Waals surface area contributed by atoms with E-state index in [1.165, 1.54) is 22.3 Å². The van der Waals surface area contributed by atoms with Gasteiger partial charge in [0.15, 0.2) is 0 Å². The monoisotopic (exact) mass is 380 g/mol. The molecule has 0 amide bonds. The maximum absolute atomic E-state index is 5.86. The maximum Gasteiger partial charge on any atom is 0.119 e. The van der Waals surface area contributed by atoms with Gasteiger partial charge in [0.05, 0.1) is 0 Å². The van der Waals surface area contributed by atoms with Crippen LogP contribution < -0.4 is 9.47 Å². The van der Waals surface area contributed by atoms with Crippen LogP contribution in [0.4, 0.5) is 0 Å². The highest BCUT2D eigenvalue weighted by atomic mass is 16.5. The van der Waals surface area contributed by atoms with E-state index in [4.69, 9.17) is 9.47 Å². The number of hydrogen-bond acceptors (Lipinski definition) is 2. The molecule has 0 bridgehead atoms. The number of ether oxygens (including phenoxy) is 2. The fourth-order valence-corrected chi connectivity index (χ4v) is 3.12. The molecular formula is C27H24O2. The van der Waals surface area contributed by atoms with Gasteiger partial charge in [-0.15, -0.1) is 0 Å². The molecule has 0 aliphatic heterocycles. The lowest BCUT2D eigenvalue weighted by Gasteiger charge is -2.09. The molecule has 2 heteroatoms. The molecule has 0 fully saturated rings. The van der Waals surface area contributed by atoms with E-state index in [0.717, 1.165) is 17.9 Å². The average molecular weight is 380 g/mol. The first-order valence-electron chi connectivity index (χ1n) is 9.86. The first-order valence-corrected chi connectivity index (χ1v) is 9.86. The Morgan fingerprint density at radius 3 is 1.14 bits per heavy atom. The smallest absolute Gasteiger partial charge is 0.119 e. The van der Waals surface area contributed by atoms with Crippen LogP contribution >= 0.6 is 0 Å². The Hall–Kier alpha value is -3.52. The second-order valence-corrected chi connectivity index (χ2v) is 7.01. The molecule has 4 rings (SSSR count). The van der Waals surface area contributed by atoms with Gasteiger partial charge in [-0.25, -0.2) is 0 Å². The summed E-state index contributed by atoms with van der Waals surface area (Å²) in [7, 11) is 0. The molecule has 0 saturated heterocycles. The summed E-state index contributed by atoms with van der Waals surface area (Å²) >= 11 is 0. The van der Waals surface area contributed by atoms with Crippen LogP contribution in [-0.2, 0) is 19.6 Å². The van der Waals surface area contributed by atoms with Gasteiger partial charge < -0.3 is 9.47 Å². The number of rotatable bonds is 8. The minimum absolute atomic E-state index is 0.588. The molecule has 0 aliphatic carbocycles. The van der Waals surface area contributed by atoms with Crippen molar-refractivity contribution in [3.8, 4) is 11.5 Å². The van der Waals surface area contributed by atoms with Gasteiger partial charge in [-0.2, -0.15) is 0 Å². The fraction of sp³-hybridized carbons (Fsp3) is 0.111. The molecule has 0 atom stereocenters. The molecule has 0 aromatic heterocycles. The third-order valence-electron chi connectivity index (χ3n) is 4.75. The first-order chi connectivity index (χ1) is 14.3. The zero-order chi connectivity index (χ0) is 19.7. The van der Waals surface area contributed by atoms with Crippen LogP contribution in [0.5, 0.6) is 11.5 Å². The van der Waals surface area contributed by atoms with Gasteiger partial charge >= 0.3 is 0 Å². The van der Waals surface area contributed by atoms with Gasteiger partial charge in [-0.05, 0) is 52.9 Å². The van der Waals surface area contributed by atoms with Crippen LogP contribution in [0.1, 0.15) is 22.3 Å². The predicted molar refractivity (Wildman–Crippen MR) is 117 cm³/mol. The van der Waals surface area contributed by atoms with Crippen LogP contribution in [0.25, 0.3) is 0 Å². The van der Waals surface area contributed by atoms with E-state index in [9.17, 15) is 0 Å². The highest BCUT2D eigenvalue weighted by molar-refractivity contribution is 5.34. The largest absolute Gasteiger partial charge is 0.489 e. The molecule has 144 valence electrons. The van der Waals surface area contributed by atoms with Crippen molar-refractivity contribution in [3.05, 3.63) is 131 Å². The molecule has 0 saturated carbocycles. The van der Waals surface area contributed by atoms with Crippen LogP contribution in [0, 0.1) is 0 Å². The molecule has 2 nitrogen and oxygen atoms in total. The van der Waals surface area contributed by atoms with Gasteiger partial charge in [0.25, 0.3) is 0 Å². The van der Waals surface area contributed by atoms with E-state index >= 15 is 0 Å². The Morgan fingerprint density at radius 1 is 0.379 bits per heavy atom. The third kappa shape index (κ3) is 5.73. The van der Waals surface area contributed by atoms with E-state index in [-0.39, 0.29) is 0 Å². The average Bonchev–Trinajstić information content (AvgIpc) is 2.80. The van der Waals surface area contributed by atoms with Crippen molar-refractivity contribution < 1.29 is 9.47 Å². The van der Waals surface area contributed by atoms with E-state index in [2.05, 4.69) is 48.5 Å². The highest BCUT2D eigenvalue weighted by Gasteiger charge is 2.01. The van der Waals surface area contributed by atoms with Crippen molar-refractivity contribution in [2.24, 2.45) is 0 Å². The lowest BCUT2D eigenvalue weighted by molar-refractivity contribution is 0.306. The molecule has 0 heterocycles. The first kappa shape index (κ1) is 18.8. The van der Waals surface area contributed by atoms with Gasteiger partial charge in [-0.3, -0.25) is 0 Å². The Balaban J connectivity index is 1.28. The summed E-state index contributed by atoms with van der Waals surface area (Å²) in [6.45, 7) is 1.18. The number of hydrogen-bond donors (Lipinski definition) is 0. The fourth-order valence-electron chi connectivity index (χ4n) is 3.12. The second kappa shape index (κ2) is 9.61. The zero-order valence-electron chi connectivity index (χ0n) is 16.3. The molecule has 29 heavy (non-hydrogen) atoms. The summed E-state index contributed by atoms with van der Waals surface area (Å²) in [5.74, 6) is 1.78. The summed E-state index contributed by atoms with van der Waals surface area (Å²) in [4.78, 5) is 0. The Morgan fingerprint density at radius 2 is 0.759 bits per heavy atom. The van der Waals surface area contributed by atoms with E-state index < -0.39 is 0 Å². The van der Waals surface area contributed by atoms with Crippen LogP contribution in [0.3, 0.4) is 0 Å². The quantitative estimate of drug-likeness (QED) is 0.350. The van der Waals surface area contributed by atoms with E-state index in [1.807, 2.05) is 60.7 Å². The van der Waals surface area contributed by atoms with Crippen molar-refractivity contribution in [2.45, 2.75) is 19.6 Å².